The first kappa shape index (κ1) is 17.7. The lowest BCUT2D eigenvalue weighted by atomic mass is 10.2. The highest BCUT2D eigenvalue weighted by atomic mass is 16.3. The van der Waals surface area contributed by atoms with E-state index >= 15 is 0 Å². The van der Waals surface area contributed by atoms with Gasteiger partial charge in [0.1, 0.15) is 0 Å². The number of rotatable bonds is 7. The van der Waals surface area contributed by atoms with Crippen LogP contribution in [0.1, 0.15) is 26.3 Å². The van der Waals surface area contributed by atoms with Crippen LogP contribution in [0.5, 0.6) is 0 Å². The van der Waals surface area contributed by atoms with E-state index in [0.717, 1.165) is 12.1 Å². The quantitative estimate of drug-likeness (QED) is 0.818. The van der Waals surface area contributed by atoms with Crippen molar-refractivity contribution in [3.8, 4) is 0 Å². The summed E-state index contributed by atoms with van der Waals surface area (Å²) in [6.45, 7) is 6.72. The maximum atomic E-state index is 12.5. The molecule has 0 aliphatic rings. The molecule has 2 aromatic rings. The van der Waals surface area contributed by atoms with E-state index in [2.05, 4.69) is 15.5 Å². The molecule has 2 amide bonds. The lowest BCUT2D eigenvalue weighted by molar-refractivity contribution is -0.121. The predicted molar refractivity (Wildman–Crippen MR) is 93.6 cm³/mol. The molecule has 128 valence electrons. The van der Waals surface area contributed by atoms with Crippen molar-refractivity contribution in [3.63, 3.8) is 0 Å². The smallest absolute Gasteiger partial charge is 0.241 e. The third kappa shape index (κ3) is 4.96. The first-order valence-corrected chi connectivity index (χ1v) is 7.93. The third-order valence-electron chi connectivity index (χ3n) is 3.75. The number of amides is 2. The van der Waals surface area contributed by atoms with Crippen molar-refractivity contribution in [1.82, 2.24) is 4.90 Å². The average Bonchev–Trinajstić information content (AvgIpc) is 3.04. The zero-order chi connectivity index (χ0) is 17.5. The van der Waals surface area contributed by atoms with Crippen LogP contribution in [0.3, 0.4) is 0 Å². The molecule has 6 heteroatoms. The summed E-state index contributed by atoms with van der Waals surface area (Å²) in [5.74, 6) is -0.246. The molecule has 0 saturated heterocycles. The first-order chi connectivity index (χ1) is 11.5. The number of carbonyl (C=O) groups is 2. The molecule has 0 spiro atoms. The monoisotopic (exact) mass is 329 g/mol. The number of benzene rings is 1. The Labute approximate surface area is 141 Å². The molecule has 0 radical (unpaired) electrons. The Hall–Kier alpha value is -2.60. The average molecular weight is 329 g/mol. The summed E-state index contributed by atoms with van der Waals surface area (Å²) in [6, 6.07) is 8.69. The van der Waals surface area contributed by atoms with E-state index in [1.54, 1.807) is 36.8 Å². The Bertz CT molecular complexity index is 683. The molecule has 6 nitrogen and oxygen atoms in total. The van der Waals surface area contributed by atoms with Crippen LogP contribution in [0.2, 0.25) is 0 Å². The number of hydrogen-bond acceptors (Lipinski definition) is 4. The van der Waals surface area contributed by atoms with Gasteiger partial charge in [0.25, 0.3) is 0 Å². The van der Waals surface area contributed by atoms with Crippen LogP contribution in [0.25, 0.3) is 0 Å². The van der Waals surface area contributed by atoms with Crippen molar-refractivity contribution < 1.29 is 14.0 Å². The van der Waals surface area contributed by atoms with Gasteiger partial charge in [-0.05, 0) is 37.7 Å². The number of likely N-dealkylation sites (N-methyl/N-ethyl adjacent to an activating group) is 1. The van der Waals surface area contributed by atoms with Gasteiger partial charge in [-0.25, -0.2) is 0 Å². The molecular weight excluding hydrogens is 306 g/mol. The normalized spacial score (nSPS) is 12.0. The number of furan rings is 1. The zero-order valence-corrected chi connectivity index (χ0v) is 14.2. The van der Waals surface area contributed by atoms with Gasteiger partial charge >= 0.3 is 0 Å². The standard InChI is InChI=1S/C18H23N3O3/c1-4-21(11-15-8-9-24-12-15)13(2)18(23)20-17-7-5-6-16(10-17)19-14(3)22/h5-10,12-13H,4,11H2,1-3H3,(H,19,22)(H,20,23)/t13-/m1/s1. The maximum Gasteiger partial charge on any atom is 0.241 e. The summed E-state index contributed by atoms with van der Waals surface area (Å²) in [5.41, 5.74) is 2.33. The fourth-order valence-corrected chi connectivity index (χ4v) is 2.43. The highest BCUT2D eigenvalue weighted by molar-refractivity contribution is 5.96. The van der Waals surface area contributed by atoms with Gasteiger partial charge in [-0.15, -0.1) is 0 Å². The van der Waals surface area contributed by atoms with E-state index in [9.17, 15) is 9.59 Å². The van der Waals surface area contributed by atoms with Crippen molar-refractivity contribution in [2.75, 3.05) is 17.2 Å². The van der Waals surface area contributed by atoms with E-state index in [0.29, 0.717) is 17.9 Å². The van der Waals surface area contributed by atoms with Crippen LogP contribution >= 0.6 is 0 Å². The maximum absolute atomic E-state index is 12.5. The minimum Gasteiger partial charge on any atom is -0.472 e. The van der Waals surface area contributed by atoms with Gasteiger partial charge < -0.3 is 15.1 Å². The van der Waals surface area contributed by atoms with Crippen LogP contribution in [0, 0.1) is 0 Å². The number of nitrogens with zero attached hydrogens (tertiary/aromatic N) is 1. The van der Waals surface area contributed by atoms with Crippen LogP contribution in [0.15, 0.2) is 47.3 Å². The summed E-state index contributed by atoms with van der Waals surface area (Å²) < 4.78 is 5.08. The number of nitrogens with one attached hydrogen (secondary N) is 2. The SMILES string of the molecule is CCN(Cc1ccoc1)[C@H](C)C(=O)Nc1cccc(NC(C)=O)c1. The van der Waals surface area contributed by atoms with Gasteiger partial charge in [0.15, 0.2) is 0 Å². The molecule has 0 saturated carbocycles. The summed E-state index contributed by atoms with van der Waals surface area (Å²) in [6.07, 6.45) is 3.31. The molecule has 0 aliphatic heterocycles. The molecule has 0 unspecified atom stereocenters. The van der Waals surface area contributed by atoms with Gasteiger partial charge in [-0.2, -0.15) is 0 Å². The fourth-order valence-electron chi connectivity index (χ4n) is 2.43. The Morgan fingerprint density at radius 3 is 2.50 bits per heavy atom. The van der Waals surface area contributed by atoms with Gasteiger partial charge in [0.05, 0.1) is 18.6 Å². The van der Waals surface area contributed by atoms with Crippen LogP contribution < -0.4 is 10.6 Å². The molecule has 0 fully saturated rings. The van der Waals surface area contributed by atoms with E-state index in [4.69, 9.17) is 4.42 Å². The van der Waals surface area contributed by atoms with Crippen molar-refractivity contribution >= 4 is 23.2 Å². The molecule has 1 heterocycles. The number of carbonyl (C=O) groups excluding carboxylic acids is 2. The van der Waals surface area contributed by atoms with Crippen molar-refractivity contribution in [2.45, 2.75) is 33.4 Å². The van der Waals surface area contributed by atoms with Crippen molar-refractivity contribution in [1.29, 1.82) is 0 Å². The van der Waals surface area contributed by atoms with Crippen LogP contribution in [0.4, 0.5) is 11.4 Å². The van der Waals surface area contributed by atoms with Crippen molar-refractivity contribution in [2.24, 2.45) is 0 Å². The summed E-state index contributed by atoms with van der Waals surface area (Å²) in [5, 5.41) is 5.59. The molecule has 1 aromatic heterocycles. The lowest BCUT2D eigenvalue weighted by Crippen LogP contribution is -2.41. The Balaban J connectivity index is 2.00. The highest BCUT2D eigenvalue weighted by Crippen LogP contribution is 2.16. The minimum absolute atomic E-state index is 0.0969. The topological polar surface area (TPSA) is 74.6 Å². The third-order valence-corrected chi connectivity index (χ3v) is 3.75. The summed E-state index contributed by atoms with van der Waals surface area (Å²) >= 11 is 0. The van der Waals surface area contributed by atoms with E-state index in [1.165, 1.54) is 6.92 Å². The number of hydrogen-bond donors (Lipinski definition) is 2. The molecule has 24 heavy (non-hydrogen) atoms. The molecule has 2 N–H and O–H groups in total. The van der Waals surface area contributed by atoms with Gasteiger partial charge in [0.2, 0.25) is 11.8 Å². The minimum atomic E-state index is -0.297. The van der Waals surface area contributed by atoms with Crippen LogP contribution in [-0.2, 0) is 16.1 Å². The number of anilines is 2. The Kier molecular flexibility index (Phi) is 6.14. The lowest BCUT2D eigenvalue weighted by Gasteiger charge is -2.26. The zero-order valence-electron chi connectivity index (χ0n) is 14.2. The van der Waals surface area contributed by atoms with Crippen molar-refractivity contribution in [3.05, 3.63) is 48.4 Å². The molecule has 2 rings (SSSR count). The highest BCUT2D eigenvalue weighted by Gasteiger charge is 2.20. The summed E-state index contributed by atoms with van der Waals surface area (Å²) in [4.78, 5) is 25.7. The van der Waals surface area contributed by atoms with Gasteiger partial charge in [0, 0.05) is 30.4 Å². The van der Waals surface area contributed by atoms with E-state index in [-0.39, 0.29) is 17.9 Å². The predicted octanol–water partition coefficient (Wildman–Crippen LogP) is 3.09. The second-order valence-corrected chi connectivity index (χ2v) is 5.62. The second-order valence-electron chi connectivity index (χ2n) is 5.62. The molecule has 1 aromatic carbocycles. The van der Waals surface area contributed by atoms with Gasteiger partial charge in [-0.1, -0.05) is 13.0 Å². The largest absolute Gasteiger partial charge is 0.472 e. The van der Waals surface area contributed by atoms with E-state index in [1.807, 2.05) is 19.9 Å². The van der Waals surface area contributed by atoms with Crippen LogP contribution in [-0.4, -0.2) is 29.3 Å². The van der Waals surface area contributed by atoms with E-state index < -0.39 is 0 Å². The molecular formula is C18H23N3O3. The second kappa shape index (κ2) is 8.31. The Morgan fingerprint density at radius 2 is 1.92 bits per heavy atom. The summed E-state index contributed by atoms with van der Waals surface area (Å²) in [7, 11) is 0. The molecule has 0 aliphatic carbocycles. The first-order valence-electron chi connectivity index (χ1n) is 7.93. The van der Waals surface area contributed by atoms with Gasteiger partial charge in [-0.3, -0.25) is 14.5 Å². The molecule has 1 atom stereocenters. The Morgan fingerprint density at radius 1 is 1.21 bits per heavy atom. The molecule has 0 bridgehead atoms. The fraction of sp³-hybridized carbons (Fsp3) is 0.333.